The average Bonchev–Trinajstić information content (AvgIpc) is 2.37. The van der Waals surface area contributed by atoms with Crippen molar-refractivity contribution in [1.29, 1.82) is 0 Å². The molecule has 1 aliphatic carbocycles. The zero-order valence-corrected chi connectivity index (χ0v) is 11.4. The van der Waals surface area contributed by atoms with Gasteiger partial charge in [-0.2, -0.15) is 0 Å². The van der Waals surface area contributed by atoms with E-state index >= 15 is 0 Å². The van der Waals surface area contributed by atoms with Crippen LogP contribution >= 0.6 is 11.6 Å². The molecule has 0 aromatic heterocycles. The van der Waals surface area contributed by atoms with E-state index in [1.165, 1.54) is 18.9 Å². The average molecular weight is 271 g/mol. The molecule has 1 aromatic rings. The Labute approximate surface area is 113 Å². The molecular formula is C14H20ClFN2. The van der Waals surface area contributed by atoms with E-state index in [2.05, 4.69) is 12.3 Å². The molecule has 0 spiro atoms. The number of rotatable bonds is 3. The fraction of sp³-hybridized carbons (Fsp3) is 0.571. The highest BCUT2D eigenvalue weighted by Crippen LogP contribution is 2.38. The van der Waals surface area contributed by atoms with Gasteiger partial charge in [-0.25, -0.2) is 4.39 Å². The monoisotopic (exact) mass is 270 g/mol. The van der Waals surface area contributed by atoms with Gasteiger partial charge in [-0.05, 0) is 36.3 Å². The van der Waals surface area contributed by atoms with Gasteiger partial charge in [0.25, 0.3) is 0 Å². The Kier molecular flexibility index (Phi) is 4.60. The van der Waals surface area contributed by atoms with Crippen LogP contribution in [0.5, 0.6) is 0 Å². The van der Waals surface area contributed by atoms with E-state index in [0.29, 0.717) is 5.92 Å². The quantitative estimate of drug-likeness (QED) is 0.647. The molecule has 100 valence electrons. The van der Waals surface area contributed by atoms with Crippen molar-refractivity contribution < 1.29 is 4.39 Å². The molecule has 0 saturated heterocycles. The molecule has 4 heteroatoms. The largest absolute Gasteiger partial charge is 0.271 e. The summed E-state index contributed by atoms with van der Waals surface area (Å²) in [6, 6.07) is 4.86. The minimum absolute atomic E-state index is 0.0549. The molecule has 1 saturated carbocycles. The summed E-state index contributed by atoms with van der Waals surface area (Å²) in [4.78, 5) is 0. The zero-order chi connectivity index (χ0) is 13.1. The Bertz CT molecular complexity index is 403. The maximum atomic E-state index is 13.5. The first-order valence-electron chi connectivity index (χ1n) is 6.53. The molecule has 0 amide bonds. The summed E-state index contributed by atoms with van der Waals surface area (Å²) in [5, 5.41) is 0.194. The van der Waals surface area contributed by atoms with Gasteiger partial charge in [0.2, 0.25) is 0 Å². The molecule has 0 heterocycles. The van der Waals surface area contributed by atoms with Crippen LogP contribution in [0.4, 0.5) is 4.39 Å². The number of benzene rings is 1. The molecule has 1 atom stereocenters. The SMILES string of the molecule is CC1CCC(C(NN)c2cccc(F)c2Cl)CC1. The van der Waals surface area contributed by atoms with Crippen LogP contribution in [0.2, 0.25) is 5.02 Å². The summed E-state index contributed by atoms with van der Waals surface area (Å²) >= 11 is 6.04. The Morgan fingerprint density at radius 2 is 2.00 bits per heavy atom. The zero-order valence-electron chi connectivity index (χ0n) is 10.6. The number of nitrogens with two attached hydrogens (primary N) is 1. The van der Waals surface area contributed by atoms with Crippen molar-refractivity contribution in [2.45, 2.75) is 38.6 Å². The fourth-order valence-electron chi connectivity index (χ4n) is 2.86. The van der Waals surface area contributed by atoms with Crippen molar-refractivity contribution in [2.24, 2.45) is 17.7 Å². The van der Waals surface area contributed by atoms with E-state index in [9.17, 15) is 4.39 Å². The van der Waals surface area contributed by atoms with Crippen molar-refractivity contribution in [2.75, 3.05) is 0 Å². The molecule has 1 fully saturated rings. The van der Waals surface area contributed by atoms with Gasteiger partial charge < -0.3 is 0 Å². The second-order valence-electron chi connectivity index (χ2n) is 5.31. The standard InChI is InChI=1S/C14H20ClFN2/c1-9-5-7-10(8-6-9)14(18-17)11-3-2-4-12(16)13(11)15/h2-4,9-10,14,18H,5-8,17H2,1H3. The van der Waals surface area contributed by atoms with Gasteiger partial charge >= 0.3 is 0 Å². The summed E-state index contributed by atoms with van der Waals surface area (Å²) in [5.74, 6) is 6.50. The highest BCUT2D eigenvalue weighted by molar-refractivity contribution is 6.31. The van der Waals surface area contributed by atoms with E-state index in [1.54, 1.807) is 6.07 Å². The minimum atomic E-state index is -0.376. The highest BCUT2D eigenvalue weighted by Gasteiger charge is 2.28. The van der Waals surface area contributed by atoms with E-state index in [0.717, 1.165) is 24.3 Å². The summed E-state index contributed by atoms with van der Waals surface area (Å²) in [6.45, 7) is 2.27. The van der Waals surface area contributed by atoms with Crippen LogP contribution in [-0.2, 0) is 0 Å². The topological polar surface area (TPSA) is 38.0 Å². The summed E-state index contributed by atoms with van der Waals surface area (Å²) < 4.78 is 13.5. The summed E-state index contributed by atoms with van der Waals surface area (Å²) in [5.41, 5.74) is 3.60. The number of halogens is 2. The van der Waals surface area contributed by atoms with Crippen molar-refractivity contribution in [3.8, 4) is 0 Å². The Balaban J connectivity index is 2.20. The Morgan fingerprint density at radius 3 is 2.61 bits per heavy atom. The second kappa shape index (κ2) is 6.00. The Hall–Kier alpha value is -0.640. The second-order valence-corrected chi connectivity index (χ2v) is 5.69. The number of hydrogen-bond donors (Lipinski definition) is 2. The lowest BCUT2D eigenvalue weighted by molar-refractivity contribution is 0.232. The molecule has 3 N–H and O–H groups in total. The Morgan fingerprint density at radius 1 is 1.33 bits per heavy atom. The van der Waals surface area contributed by atoms with E-state index in [-0.39, 0.29) is 16.9 Å². The van der Waals surface area contributed by atoms with Gasteiger partial charge in [0, 0.05) is 0 Å². The lowest BCUT2D eigenvalue weighted by Gasteiger charge is -2.33. The molecule has 2 nitrogen and oxygen atoms in total. The van der Waals surface area contributed by atoms with Crippen LogP contribution in [0.15, 0.2) is 18.2 Å². The predicted molar refractivity (Wildman–Crippen MR) is 72.6 cm³/mol. The van der Waals surface area contributed by atoms with Crippen molar-refractivity contribution >= 4 is 11.6 Å². The lowest BCUT2D eigenvalue weighted by atomic mass is 9.77. The molecule has 18 heavy (non-hydrogen) atoms. The molecule has 1 unspecified atom stereocenters. The number of nitrogens with one attached hydrogen (secondary N) is 1. The van der Waals surface area contributed by atoms with E-state index in [4.69, 9.17) is 17.4 Å². The van der Waals surface area contributed by atoms with E-state index in [1.807, 2.05) is 6.07 Å². The summed E-state index contributed by atoms with van der Waals surface area (Å²) in [7, 11) is 0. The highest BCUT2D eigenvalue weighted by atomic mass is 35.5. The van der Waals surface area contributed by atoms with Crippen LogP contribution in [0.1, 0.15) is 44.2 Å². The molecule has 0 aliphatic heterocycles. The maximum Gasteiger partial charge on any atom is 0.142 e. The van der Waals surface area contributed by atoms with Gasteiger partial charge in [0.05, 0.1) is 11.1 Å². The van der Waals surface area contributed by atoms with E-state index < -0.39 is 0 Å². The lowest BCUT2D eigenvalue weighted by Crippen LogP contribution is -2.35. The van der Waals surface area contributed by atoms with Crippen LogP contribution < -0.4 is 11.3 Å². The van der Waals surface area contributed by atoms with Crippen LogP contribution in [0.25, 0.3) is 0 Å². The summed E-state index contributed by atoms with van der Waals surface area (Å²) in [6.07, 6.45) is 4.64. The first-order valence-corrected chi connectivity index (χ1v) is 6.91. The van der Waals surface area contributed by atoms with Crippen LogP contribution in [-0.4, -0.2) is 0 Å². The fourth-order valence-corrected chi connectivity index (χ4v) is 3.10. The van der Waals surface area contributed by atoms with Gasteiger partial charge in [-0.15, -0.1) is 0 Å². The third-order valence-corrected chi connectivity index (χ3v) is 4.43. The van der Waals surface area contributed by atoms with Gasteiger partial charge in [-0.3, -0.25) is 11.3 Å². The van der Waals surface area contributed by atoms with Crippen molar-refractivity contribution in [3.63, 3.8) is 0 Å². The third-order valence-electron chi connectivity index (χ3n) is 4.03. The van der Waals surface area contributed by atoms with Crippen LogP contribution in [0.3, 0.4) is 0 Å². The minimum Gasteiger partial charge on any atom is -0.271 e. The number of hydrogen-bond acceptors (Lipinski definition) is 2. The van der Waals surface area contributed by atoms with Gasteiger partial charge in [0.15, 0.2) is 0 Å². The van der Waals surface area contributed by atoms with Crippen LogP contribution in [0, 0.1) is 17.7 Å². The first kappa shape index (κ1) is 13.8. The van der Waals surface area contributed by atoms with Crippen molar-refractivity contribution in [3.05, 3.63) is 34.6 Å². The first-order chi connectivity index (χ1) is 8.63. The number of hydrazine groups is 1. The molecular weight excluding hydrogens is 251 g/mol. The normalized spacial score (nSPS) is 26.0. The molecule has 0 bridgehead atoms. The molecule has 0 radical (unpaired) electrons. The van der Waals surface area contributed by atoms with Crippen molar-refractivity contribution in [1.82, 2.24) is 5.43 Å². The maximum absolute atomic E-state index is 13.5. The molecule has 1 aliphatic rings. The molecule has 2 rings (SSSR count). The molecule has 1 aromatic carbocycles. The van der Waals surface area contributed by atoms with Gasteiger partial charge in [-0.1, -0.05) is 43.5 Å². The smallest absolute Gasteiger partial charge is 0.142 e. The predicted octanol–water partition coefficient (Wildman–Crippen LogP) is 3.81. The third kappa shape index (κ3) is 2.85. The van der Waals surface area contributed by atoms with Gasteiger partial charge in [0.1, 0.15) is 5.82 Å².